The first-order valence-corrected chi connectivity index (χ1v) is 6.75. The number of nitrogens with zero attached hydrogens (tertiary/aromatic N) is 1. The third kappa shape index (κ3) is 3.46. The molecule has 1 N–H and O–H groups in total. The fourth-order valence-electron chi connectivity index (χ4n) is 1.64. The molecular formula is C9H17NO4S. The summed E-state index contributed by atoms with van der Waals surface area (Å²) in [5.74, 6) is -2.19. The lowest BCUT2D eigenvalue weighted by molar-refractivity contribution is -0.140. The molecule has 0 aliphatic carbocycles. The quantitative estimate of drug-likeness (QED) is 0.771. The van der Waals surface area contributed by atoms with E-state index in [9.17, 15) is 13.2 Å². The maximum Gasteiger partial charge on any atom is 0.307 e. The Balaban J connectivity index is 2.61. The zero-order valence-electron chi connectivity index (χ0n) is 8.85. The molecule has 0 unspecified atom stereocenters. The number of rotatable bonds is 4. The van der Waals surface area contributed by atoms with E-state index in [-0.39, 0.29) is 5.75 Å². The van der Waals surface area contributed by atoms with Gasteiger partial charge in [0, 0.05) is 13.1 Å². The van der Waals surface area contributed by atoms with Crippen molar-refractivity contribution in [2.75, 3.05) is 18.8 Å². The number of carboxylic acid groups (broad SMARTS) is 1. The molecule has 0 aromatic carbocycles. The van der Waals surface area contributed by atoms with Gasteiger partial charge in [0.15, 0.2) is 0 Å². The smallest absolute Gasteiger partial charge is 0.307 e. The zero-order chi connectivity index (χ0) is 11.5. The lowest BCUT2D eigenvalue weighted by atomic mass is 10.2. The van der Waals surface area contributed by atoms with Gasteiger partial charge in [0.2, 0.25) is 10.0 Å². The van der Waals surface area contributed by atoms with E-state index in [2.05, 4.69) is 0 Å². The summed E-state index contributed by atoms with van der Waals surface area (Å²) in [5, 5.41) is 8.66. The van der Waals surface area contributed by atoms with Crippen molar-refractivity contribution >= 4 is 16.0 Å². The van der Waals surface area contributed by atoms with Crippen molar-refractivity contribution in [1.29, 1.82) is 0 Å². The third-order valence-electron chi connectivity index (χ3n) is 2.59. The Labute approximate surface area is 90.1 Å². The second kappa shape index (κ2) is 4.94. The summed E-state index contributed by atoms with van der Waals surface area (Å²) in [4.78, 5) is 10.6. The first kappa shape index (κ1) is 12.4. The van der Waals surface area contributed by atoms with Gasteiger partial charge >= 0.3 is 5.97 Å². The number of hydrogen-bond acceptors (Lipinski definition) is 3. The molecule has 0 bridgehead atoms. The van der Waals surface area contributed by atoms with Crippen LogP contribution in [-0.4, -0.2) is 42.6 Å². The number of carboxylic acids is 1. The first-order valence-electron chi connectivity index (χ1n) is 5.14. The summed E-state index contributed by atoms with van der Waals surface area (Å²) in [7, 11) is -3.38. The van der Waals surface area contributed by atoms with Crippen LogP contribution in [0.15, 0.2) is 0 Å². The van der Waals surface area contributed by atoms with E-state index in [1.807, 2.05) is 0 Å². The minimum absolute atomic E-state index is 0.289. The van der Waals surface area contributed by atoms with Gasteiger partial charge in [-0.05, 0) is 12.8 Å². The van der Waals surface area contributed by atoms with Gasteiger partial charge in [0.25, 0.3) is 0 Å². The lowest BCUT2D eigenvalue weighted by Crippen LogP contribution is -2.39. The average Bonchev–Trinajstić information content (AvgIpc) is 2.18. The highest BCUT2D eigenvalue weighted by Gasteiger charge is 2.28. The lowest BCUT2D eigenvalue weighted by Gasteiger charge is -2.26. The maximum absolute atomic E-state index is 11.8. The molecule has 1 aliphatic heterocycles. The number of sulfonamides is 1. The SMILES string of the molecule is C[C@H](CS(=O)(=O)N1CCCCC1)C(=O)O. The topological polar surface area (TPSA) is 74.7 Å². The Morgan fingerprint density at radius 2 is 1.87 bits per heavy atom. The zero-order valence-corrected chi connectivity index (χ0v) is 9.66. The summed E-state index contributed by atoms with van der Waals surface area (Å²) in [5.41, 5.74) is 0. The van der Waals surface area contributed by atoms with E-state index in [0.717, 1.165) is 19.3 Å². The van der Waals surface area contributed by atoms with Gasteiger partial charge in [-0.25, -0.2) is 12.7 Å². The Morgan fingerprint density at radius 1 is 1.33 bits per heavy atom. The van der Waals surface area contributed by atoms with Crippen molar-refractivity contribution in [3.05, 3.63) is 0 Å². The Kier molecular flexibility index (Phi) is 4.10. The minimum atomic E-state index is -3.38. The highest BCUT2D eigenvalue weighted by molar-refractivity contribution is 7.89. The molecule has 0 amide bonds. The van der Waals surface area contributed by atoms with Gasteiger partial charge in [0.05, 0.1) is 11.7 Å². The van der Waals surface area contributed by atoms with Crippen molar-refractivity contribution in [3.8, 4) is 0 Å². The number of carbonyl (C=O) groups is 1. The Hall–Kier alpha value is -0.620. The molecule has 15 heavy (non-hydrogen) atoms. The Morgan fingerprint density at radius 3 is 2.33 bits per heavy atom. The van der Waals surface area contributed by atoms with Crippen LogP contribution in [0, 0.1) is 5.92 Å². The normalized spacial score (nSPS) is 21.1. The molecular weight excluding hydrogens is 218 g/mol. The average molecular weight is 235 g/mol. The molecule has 1 atom stereocenters. The molecule has 0 spiro atoms. The van der Waals surface area contributed by atoms with Gasteiger partial charge in [-0.15, -0.1) is 0 Å². The fraction of sp³-hybridized carbons (Fsp3) is 0.889. The van der Waals surface area contributed by atoms with Crippen molar-refractivity contribution in [2.24, 2.45) is 5.92 Å². The van der Waals surface area contributed by atoms with Crippen molar-refractivity contribution in [2.45, 2.75) is 26.2 Å². The molecule has 1 fully saturated rings. The van der Waals surface area contributed by atoms with Crippen LogP contribution in [0.3, 0.4) is 0 Å². The van der Waals surface area contributed by atoms with Crippen molar-refractivity contribution < 1.29 is 18.3 Å². The van der Waals surface area contributed by atoms with E-state index in [4.69, 9.17) is 5.11 Å². The summed E-state index contributed by atoms with van der Waals surface area (Å²) < 4.78 is 24.9. The predicted molar refractivity (Wildman–Crippen MR) is 56.0 cm³/mol. The van der Waals surface area contributed by atoms with Gasteiger partial charge < -0.3 is 5.11 Å². The van der Waals surface area contributed by atoms with E-state index < -0.39 is 21.9 Å². The third-order valence-corrected chi connectivity index (χ3v) is 4.66. The number of hydrogen-bond donors (Lipinski definition) is 1. The van der Waals surface area contributed by atoms with Gasteiger partial charge in [-0.3, -0.25) is 4.79 Å². The second-order valence-corrected chi connectivity index (χ2v) is 5.99. The molecule has 6 heteroatoms. The van der Waals surface area contributed by atoms with Crippen LogP contribution in [0.5, 0.6) is 0 Å². The molecule has 5 nitrogen and oxygen atoms in total. The van der Waals surface area contributed by atoms with Crippen LogP contribution < -0.4 is 0 Å². The molecule has 0 saturated carbocycles. The molecule has 1 saturated heterocycles. The predicted octanol–water partition coefficient (Wildman–Crippen LogP) is 0.523. The summed E-state index contributed by atoms with van der Waals surface area (Å²) in [6, 6.07) is 0. The number of aliphatic carboxylic acids is 1. The molecule has 0 aromatic rings. The molecule has 1 heterocycles. The van der Waals surface area contributed by atoms with Crippen LogP contribution in [-0.2, 0) is 14.8 Å². The maximum atomic E-state index is 11.8. The van der Waals surface area contributed by atoms with Crippen molar-refractivity contribution in [1.82, 2.24) is 4.31 Å². The van der Waals surface area contributed by atoms with E-state index >= 15 is 0 Å². The van der Waals surface area contributed by atoms with E-state index in [0.29, 0.717) is 13.1 Å². The summed E-state index contributed by atoms with van der Waals surface area (Å²) in [6.45, 7) is 2.49. The second-order valence-electron chi connectivity index (χ2n) is 3.98. The van der Waals surface area contributed by atoms with E-state index in [1.54, 1.807) is 0 Å². The minimum Gasteiger partial charge on any atom is -0.481 e. The largest absolute Gasteiger partial charge is 0.481 e. The monoisotopic (exact) mass is 235 g/mol. The molecule has 1 aliphatic rings. The van der Waals surface area contributed by atoms with Crippen LogP contribution in [0.25, 0.3) is 0 Å². The standard InChI is InChI=1S/C9H17NO4S/c1-8(9(11)12)7-15(13,14)10-5-3-2-4-6-10/h8H,2-7H2,1H3,(H,11,12)/t8-/m1/s1. The Bertz CT molecular complexity index is 319. The molecule has 1 rings (SSSR count). The summed E-state index contributed by atoms with van der Waals surface area (Å²) in [6.07, 6.45) is 2.81. The van der Waals surface area contributed by atoms with Crippen LogP contribution >= 0.6 is 0 Å². The first-order chi connectivity index (χ1) is 6.93. The van der Waals surface area contributed by atoms with Crippen LogP contribution in [0.1, 0.15) is 26.2 Å². The molecule has 88 valence electrons. The highest BCUT2D eigenvalue weighted by atomic mass is 32.2. The van der Waals surface area contributed by atoms with Crippen LogP contribution in [0.4, 0.5) is 0 Å². The van der Waals surface area contributed by atoms with Gasteiger partial charge in [0.1, 0.15) is 0 Å². The molecule has 0 aromatic heterocycles. The van der Waals surface area contributed by atoms with Crippen molar-refractivity contribution in [3.63, 3.8) is 0 Å². The van der Waals surface area contributed by atoms with Gasteiger partial charge in [-0.2, -0.15) is 0 Å². The van der Waals surface area contributed by atoms with Gasteiger partial charge in [-0.1, -0.05) is 13.3 Å². The van der Waals surface area contributed by atoms with Crippen LogP contribution in [0.2, 0.25) is 0 Å². The number of piperidine rings is 1. The van der Waals surface area contributed by atoms with E-state index in [1.165, 1.54) is 11.2 Å². The molecule has 0 radical (unpaired) electrons. The fourth-order valence-corrected chi connectivity index (χ4v) is 3.44. The summed E-state index contributed by atoms with van der Waals surface area (Å²) >= 11 is 0. The highest BCUT2D eigenvalue weighted by Crippen LogP contribution is 2.15.